The van der Waals surface area contributed by atoms with Crippen LogP contribution in [0.15, 0.2) is 23.2 Å². The number of aromatic nitrogens is 1. The fraction of sp³-hybridized carbons (Fsp3) is 0.538. The standard InChI is InChI=1S/C13H22N4O3S/c1-3-7-15-13(18)10-17(8-4-2)21(19,20)11-5-6-12(14)16-9-11/h5-6,9H,3-4,7-8,10H2,1-2H3,(H2,14,16)(H,15,18). The third-order valence-electron chi connectivity index (χ3n) is 2.76. The molecule has 118 valence electrons. The van der Waals surface area contributed by atoms with Gasteiger partial charge in [-0.1, -0.05) is 13.8 Å². The summed E-state index contributed by atoms with van der Waals surface area (Å²) in [6.45, 7) is 4.39. The molecule has 0 aliphatic heterocycles. The van der Waals surface area contributed by atoms with E-state index in [1.807, 2.05) is 13.8 Å². The van der Waals surface area contributed by atoms with Crippen molar-refractivity contribution in [2.45, 2.75) is 31.6 Å². The van der Waals surface area contributed by atoms with Gasteiger partial charge < -0.3 is 11.1 Å². The molecule has 1 amide bonds. The fourth-order valence-electron chi connectivity index (χ4n) is 1.71. The van der Waals surface area contributed by atoms with Gasteiger partial charge in [-0.2, -0.15) is 4.31 Å². The van der Waals surface area contributed by atoms with E-state index < -0.39 is 10.0 Å². The van der Waals surface area contributed by atoms with Crippen LogP contribution in [0.4, 0.5) is 5.82 Å². The van der Waals surface area contributed by atoms with Crippen LogP contribution >= 0.6 is 0 Å². The molecule has 21 heavy (non-hydrogen) atoms. The fourth-order valence-corrected chi connectivity index (χ4v) is 3.14. The Kier molecular flexibility index (Phi) is 6.57. The molecule has 0 saturated heterocycles. The summed E-state index contributed by atoms with van der Waals surface area (Å²) < 4.78 is 26.2. The number of hydrogen-bond acceptors (Lipinski definition) is 5. The van der Waals surface area contributed by atoms with Crippen LogP contribution in [-0.4, -0.2) is 43.2 Å². The van der Waals surface area contributed by atoms with Crippen molar-refractivity contribution < 1.29 is 13.2 Å². The van der Waals surface area contributed by atoms with Gasteiger partial charge in [-0.3, -0.25) is 4.79 Å². The van der Waals surface area contributed by atoms with Crippen LogP contribution in [0, 0.1) is 0 Å². The molecule has 0 aliphatic rings. The quantitative estimate of drug-likeness (QED) is 0.730. The minimum atomic E-state index is -3.75. The number of nitrogens with two attached hydrogens (primary N) is 1. The molecular weight excluding hydrogens is 292 g/mol. The number of nitrogens with one attached hydrogen (secondary N) is 1. The smallest absolute Gasteiger partial charge is 0.245 e. The number of pyridine rings is 1. The number of rotatable bonds is 8. The summed E-state index contributed by atoms with van der Waals surface area (Å²) in [5.74, 6) is -0.0611. The maximum Gasteiger partial charge on any atom is 0.245 e. The summed E-state index contributed by atoms with van der Waals surface area (Å²) in [6.07, 6.45) is 2.62. The van der Waals surface area contributed by atoms with E-state index >= 15 is 0 Å². The molecule has 0 spiro atoms. The summed E-state index contributed by atoms with van der Waals surface area (Å²) >= 11 is 0. The van der Waals surface area contributed by atoms with Gasteiger partial charge in [0.2, 0.25) is 15.9 Å². The molecule has 1 rings (SSSR count). The van der Waals surface area contributed by atoms with Gasteiger partial charge >= 0.3 is 0 Å². The van der Waals surface area contributed by atoms with Crippen LogP contribution in [0.3, 0.4) is 0 Å². The van der Waals surface area contributed by atoms with E-state index in [9.17, 15) is 13.2 Å². The lowest BCUT2D eigenvalue weighted by molar-refractivity contribution is -0.121. The molecule has 1 aromatic rings. The second kappa shape index (κ2) is 7.94. The molecule has 1 aromatic heterocycles. The predicted octanol–water partition coefficient (Wildman–Crippen LogP) is 0.591. The highest BCUT2D eigenvalue weighted by Gasteiger charge is 2.26. The normalized spacial score (nSPS) is 11.6. The molecule has 3 N–H and O–H groups in total. The summed E-state index contributed by atoms with van der Waals surface area (Å²) in [6, 6.07) is 2.82. The Labute approximate surface area is 125 Å². The van der Waals surface area contributed by atoms with Gasteiger partial charge in [-0.25, -0.2) is 13.4 Å². The van der Waals surface area contributed by atoms with Crippen molar-refractivity contribution in [1.82, 2.24) is 14.6 Å². The average molecular weight is 314 g/mol. The van der Waals surface area contributed by atoms with Crippen molar-refractivity contribution in [2.75, 3.05) is 25.4 Å². The van der Waals surface area contributed by atoms with Crippen LogP contribution in [-0.2, 0) is 14.8 Å². The highest BCUT2D eigenvalue weighted by atomic mass is 32.2. The molecule has 0 fully saturated rings. The number of nitrogens with zero attached hydrogens (tertiary/aromatic N) is 2. The summed E-state index contributed by atoms with van der Waals surface area (Å²) in [4.78, 5) is 15.6. The average Bonchev–Trinajstić information content (AvgIpc) is 2.45. The highest BCUT2D eigenvalue weighted by molar-refractivity contribution is 7.89. The summed E-state index contributed by atoms with van der Waals surface area (Å²) in [5.41, 5.74) is 5.46. The zero-order valence-corrected chi connectivity index (χ0v) is 13.2. The number of hydrogen-bond donors (Lipinski definition) is 2. The van der Waals surface area contributed by atoms with Gasteiger partial charge in [-0.15, -0.1) is 0 Å². The minimum Gasteiger partial charge on any atom is -0.384 e. The lowest BCUT2D eigenvalue weighted by atomic mass is 10.4. The van der Waals surface area contributed by atoms with E-state index in [1.54, 1.807) is 0 Å². The molecule has 0 aromatic carbocycles. The Hall–Kier alpha value is -1.67. The first kappa shape index (κ1) is 17.4. The number of carbonyl (C=O) groups is 1. The van der Waals surface area contributed by atoms with Gasteiger partial charge in [0.05, 0.1) is 6.54 Å². The zero-order valence-electron chi connectivity index (χ0n) is 12.4. The molecule has 1 heterocycles. The third-order valence-corrected chi connectivity index (χ3v) is 4.59. The first-order valence-electron chi connectivity index (χ1n) is 6.90. The van der Waals surface area contributed by atoms with E-state index in [1.165, 1.54) is 18.3 Å². The van der Waals surface area contributed by atoms with E-state index in [2.05, 4.69) is 10.3 Å². The molecule has 0 aliphatic carbocycles. The van der Waals surface area contributed by atoms with Gasteiger partial charge in [-0.05, 0) is 25.0 Å². The SMILES string of the molecule is CCCNC(=O)CN(CCC)S(=O)(=O)c1ccc(N)nc1. The lowest BCUT2D eigenvalue weighted by Gasteiger charge is -2.21. The van der Waals surface area contributed by atoms with Gasteiger partial charge in [0.1, 0.15) is 10.7 Å². The van der Waals surface area contributed by atoms with E-state index in [0.29, 0.717) is 13.0 Å². The minimum absolute atomic E-state index is 0.0356. The second-order valence-corrected chi connectivity index (χ2v) is 6.55. The molecule has 0 unspecified atom stereocenters. The number of anilines is 1. The van der Waals surface area contributed by atoms with Crippen molar-refractivity contribution in [1.29, 1.82) is 0 Å². The summed E-state index contributed by atoms with van der Waals surface area (Å²) in [7, 11) is -3.75. The largest absolute Gasteiger partial charge is 0.384 e. The Bertz CT molecular complexity index is 557. The maximum atomic E-state index is 12.5. The monoisotopic (exact) mass is 314 g/mol. The first-order valence-corrected chi connectivity index (χ1v) is 8.34. The molecule has 7 nitrogen and oxygen atoms in total. The Morgan fingerprint density at radius 1 is 1.33 bits per heavy atom. The highest BCUT2D eigenvalue weighted by Crippen LogP contribution is 2.15. The van der Waals surface area contributed by atoms with Crippen LogP contribution < -0.4 is 11.1 Å². The third kappa shape index (κ3) is 4.98. The van der Waals surface area contributed by atoms with E-state index in [-0.39, 0.29) is 29.7 Å². The van der Waals surface area contributed by atoms with Crippen molar-refractivity contribution in [3.05, 3.63) is 18.3 Å². The zero-order chi connectivity index (χ0) is 15.9. The number of sulfonamides is 1. The van der Waals surface area contributed by atoms with Gasteiger partial charge in [0, 0.05) is 19.3 Å². The number of carbonyl (C=O) groups excluding carboxylic acids is 1. The Morgan fingerprint density at radius 3 is 2.57 bits per heavy atom. The molecule has 0 radical (unpaired) electrons. The topological polar surface area (TPSA) is 105 Å². The molecule has 0 atom stereocenters. The molecule has 8 heteroatoms. The second-order valence-electron chi connectivity index (χ2n) is 4.61. The van der Waals surface area contributed by atoms with Crippen molar-refractivity contribution in [2.24, 2.45) is 0 Å². The first-order chi connectivity index (χ1) is 9.91. The Morgan fingerprint density at radius 2 is 2.05 bits per heavy atom. The van der Waals surface area contributed by atoms with Crippen molar-refractivity contribution >= 4 is 21.7 Å². The number of nitrogen functional groups attached to an aromatic ring is 1. The van der Waals surface area contributed by atoms with Crippen LogP contribution in [0.1, 0.15) is 26.7 Å². The maximum absolute atomic E-state index is 12.5. The lowest BCUT2D eigenvalue weighted by Crippen LogP contribution is -2.41. The molecule has 0 saturated carbocycles. The van der Waals surface area contributed by atoms with Crippen LogP contribution in [0.2, 0.25) is 0 Å². The van der Waals surface area contributed by atoms with Crippen molar-refractivity contribution in [3.63, 3.8) is 0 Å². The van der Waals surface area contributed by atoms with E-state index in [0.717, 1.165) is 10.7 Å². The molecule has 0 bridgehead atoms. The van der Waals surface area contributed by atoms with Crippen molar-refractivity contribution in [3.8, 4) is 0 Å². The van der Waals surface area contributed by atoms with E-state index in [4.69, 9.17) is 5.73 Å². The van der Waals surface area contributed by atoms with Crippen LogP contribution in [0.5, 0.6) is 0 Å². The summed E-state index contributed by atoms with van der Waals surface area (Å²) in [5, 5.41) is 2.67. The van der Waals surface area contributed by atoms with Gasteiger partial charge in [0.25, 0.3) is 0 Å². The van der Waals surface area contributed by atoms with Gasteiger partial charge in [0.15, 0.2) is 0 Å². The van der Waals surface area contributed by atoms with Crippen LogP contribution in [0.25, 0.3) is 0 Å². The predicted molar refractivity (Wildman–Crippen MR) is 81.0 cm³/mol. The Balaban J connectivity index is 2.92. The number of amides is 1. The molecular formula is C13H22N4O3S.